The van der Waals surface area contributed by atoms with Crippen molar-refractivity contribution in [1.29, 1.82) is 0 Å². The van der Waals surface area contributed by atoms with Crippen molar-refractivity contribution in [2.45, 2.75) is 32.4 Å². The first-order valence-electron chi connectivity index (χ1n) is 6.93. The van der Waals surface area contributed by atoms with Gasteiger partial charge in [-0.2, -0.15) is 0 Å². The molecular weight excluding hydrogens is 289 g/mol. The van der Waals surface area contributed by atoms with Crippen LogP contribution in [0.15, 0.2) is 48.5 Å². The summed E-state index contributed by atoms with van der Waals surface area (Å²) in [7, 11) is 0. The predicted octanol–water partition coefficient (Wildman–Crippen LogP) is 5.62. The van der Waals surface area contributed by atoms with Crippen LogP contribution >= 0.6 is 23.2 Å². The lowest BCUT2D eigenvalue weighted by Gasteiger charge is -2.19. The van der Waals surface area contributed by atoms with E-state index < -0.39 is 0 Å². The van der Waals surface area contributed by atoms with Crippen LogP contribution in [0.25, 0.3) is 0 Å². The zero-order valence-corrected chi connectivity index (χ0v) is 13.1. The summed E-state index contributed by atoms with van der Waals surface area (Å²) in [5, 5.41) is 5.00. The second-order valence-electron chi connectivity index (χ2n) is 4.83. The molecule has 2 rings (SSSR count). The van der Waals surface area contributed by atoms with Crippen LogP contribution in [0, 0.1) is 0 Å². The summed E-state index contributed by atoms with van der Waals surface area (Å²) >= 11 is 12.4. The van der Waals surface area contributed by atoms with E-state index in [0.29, 0.717) is 22.6 Å². The third-order valence-electron chi connectivity index (χ3n) is 3.37. The quantitative estimate of drug-likeness (QED) is 0.730. The van der Waals surface area contributed by atoms with Crippen LogP contribution < -0.4 is 5.32 Å². The molecule has 0 radical (unpaired) electrons. The van der Waals surface area contributed by atoms with Gasteiger partial charge in [0.25, 0.3) is 0 Å². The van der Waals surface area contributed by atoms with Gasteiger partial charge in [0.2, 0.25) is 0 Å². The first-order valence-corrected chi connectivity index (χ1v) is 7.69. The van der Waals surface area contributed by atoms with Crippen LogP contribution in [0.3, 0.4) is 0 Å². The number of hydrogen-bond donors (Lipinski definition) is 1. The van der Waals surface area contributed by atoms with E-state index in [9.17, 15) is 0 Å². The number of benzene rings is 2. The Balaban J connectivity index is 2.10. The molecule has 0 fully saturated rings. The Morgan fingerprint density at radius 1 is 0.950 bits per heavy atom. The third-order valence-corrected chi connectivity index (χ3v) is 4.07. The molecule has 0 aliphatic carbocycles. The third kappa shape index (κ3) is 3.99. The van der Waals surface area contributed by atoms with E-state index >= 15 is 0 Å². The van der Waals surface area contributed by atoms with E-state index in [1.54, 1.807) is 0 Å². The summed E-state index contributed by atoms with van der Waals surface area (Å²) in [5.41, 5.74) is 2.27. The van der Waals surface area contributed by atoms with Gasteiger partial charge in [-0.05, 0) is 24.1 Å². The average Bonchev–Trinajstić information content (AvgIpc) is 2.46. The van der Waals surface area contributed by atoms with Crippen LogP contribution in [0.2, 0.25) is 10.0 Å². The lowest BCUT2D eigenvalue weighted by atomic mass is 10.0. The minimum atomic E-state index is 0.327. The molecule has 0 saturated heterocycles. The number of rotatable bonds is 6. The Hall–Kier alpha value is -1.02. The fourth-order valence-corrected chi connectivity index (χ4v) is 2.82. The van der Waals surface area contributed by atoms with Crippen LogP contribution in [0.1, 0.15) is 36.9 Å². The molecule has 1 N–H and O–H groups in total. The topological polar surface area (TPSA) is 12.0 Å². The Morgan fingerprint density at radius 2 is 1.60 bits per heavy atom. The Kier molecular flexibility index (Phi) is 5.90. The Labute approximate surface area is 130 Å². The molecule has 0 aromatic heterocycles. The molecule has 0 bridgehead atoms. The van der Waals surface area contributed by atoms with Crippen molar-refractivity contribution in [3.8, 4) is 0 Å². The summed E-state index contributed by atoms with van der Waals surface area (Å²) in [4.78, 5) is 0. The maximum atomic E-state index is 6.21. The Bertz CT molecular complexity index is 520. The van der Waals surface area contributed by atoms with E-state index in [1.165, 1.54) is 5.56 Å². The second kappa shape index (κ2) is 7.68. The number of halogens is 2. The molecular formula is C17H19Cl2N. The van der Waals surface area contributed by atoms with E-state index in [0.717, 1.165) is 18.4 Å². The molecule has 1 unspecified atom stereocenters. The summed E-state index contributed by atoms with van der Waals surface area (Å²) in [5.74, 6) is 0. The van der Waals surface area contributed by atoms with Crippen molar-refractivity contribution in [2.24, 2.45) is 0 Å². The standard InChI is InChI=1S/C17H19Cl2N/c1-2-7-17(13-8-4-3-5-9-13)20-12-14-15(18)10-6-11-16(14)19/h3-6,8-11,17,20H,2,7,12H2,1H3. The van der Waals surface area contributed by atoms with Crippen molar-refractivity contribution in [3.05, 3.63) is 69.7 Å². The normalized spacial score (nSPS) is 12.3. The Morgan fingerprint density at radius 3 is 2.20 bits per heavy atom. The van der Waals surface area contributed by atoms with Crippen molar-refractivity contribution < 1.29 is 0 Å². The lowest BCUT2D eigenvalue weighted by Crippen LogP contribution is -2.21. The lowest BCUT2D eigenvalue weighted by molar-refractivity contribution is 0.493. The second-order valence-corrected chi connectivity index (χ2v) is 5.65. The van der Waals surface area contributed by atoms with E-state index in [2.05, 4.69) is 36.5 Å². The molecule has 2 aromatic carbocycles. The van der Waals surface area contributed by atoms with Gasteiger partial charge in [-0.3, -0.25) is 0 Å². The van der Waals surface area contributed by atoms with E-state index in [1.807, 2.05) is 24.3 Å². The molecule has 1 atom stereocenters. The highest BCUT2D eigenvalue weighted by Crippen LogP contribution is 2.26. The summed E-state index contributed by atoms with van der Waals surface area (Å²) in [6, 6.07) is 16.4. The van der Waals surface area contributed by atoms with E-state index in [4.69, 9.17) is 23.2 Å². The molecule has 20 heavy (non-hydrogen) atoms. The van der Waals surface area contributed by atoms with Crippen LogP contribution in [-0.2, 0) is 6.54 Å². The van der Waals surface area contributed by atoms with Gasteiger partial charge in [0, 0.05) is 28.2 Å². The first-order chi connectivity index (χ1) is 9.72. The molecule has 0 aliphatic heterocycles. The van der Waals surface area contributed by atoms with Crippen molar-refractivity contribution >= 4 is 23.2 Å². The maximum Gasteiger partial charge on any atom is 0.0465 e. The fraction of sp³-hybridized carbons (Fsp3) is 0.294. The van der Waals surface area contributed by atoms with Gasteiger partial charge in [-0.25, -0.2) is 0 Å². The molecule has 3 heteroatoms. The molecule has 0 spiro atoms. The minimum absolute atomic E-state index is 0.327. The van der Waals surface area contributed by atoms with Gasteiger partial charge >= 0.3 is 0 Å². The number of nitrogens with one attached hydrogen (secondary N) is 1. The minimum Gasteiger partial charge on any atom is -0.306 e. The highest BCUT2D eigenvalue weighted by Gasteiger charge is 2.12. The van der Waals surface area contributed by atoms with Crippen molar-refractivity contribution in [2.75, 3.05) is 0 Å². The summed E-state index contributed by atoms with van der Waals surface area (Å²) in [6.07, 6.45) is 2.22. The van der Waals surface area contributed by atoms with Crippen molar-refractivity contribution in [3.63, 3.8) is 0 Å². The van der Waals surface area contributed by atoms with Gasteiger partial charge < -0.3 is 5.32 Å². The predicted molar refractivity (Wildman–Crippen MR) is 87.4 cm³/mol. The first kappa shape index (κ1) is 15.4. The smallest absolute Gasteiger partial charge is 0.0465 e. The van der Waals surface area contributed by atoms with Gasteiger partial charge in [0.15, 0.2) is 0 Å². The molecule has 2 aromatic rings. The molecule has 0 aliphatic rings. The summed E-state index contributed by atoms with van der Waals surface area (Å²) in [6.45, 7) is 2.87. The monoisotopic (exact) mass is 307 g/mol. The van der Waals surface area contributed by atoms with Gasteiger partial charge in [-0.1, -0.05) is 72.9 Å². The van der Waals surface area contributed by atoms with Crippen LogP contribution in [-0.4, -0.2) is 0 Å². The average molecular weight is 308 g/mol. The van der Waals surface area contributed by atoms with Crippen LogP contribution in [0.4, 0.5) is 0 Å². The summed E-state index contributed by atoms with van der Waals surface area (Å²) < 4.78 is 0. The van der Waals surface area contributed by atoms with Crippen molar-refractivity contribution in [1.82, 2.24) is 5.32 Å². The largest absolute Gasteiger partial charge is 0.306 e. The van der Waals surface area contributed by atoms with Gasteiger partial charge in [0.05, 0.1) is 0 Å². The highest BCUT2D eigenvalue weighted by molar-refractivity contribution is 6.35. The molecule has 0 heterocycles. The van der Waals surface area contributed by atoms with Gasteiger partial charge in [-0.15, -0.1) is 0 Å². The molecule has 106 valence electrons. The van der Waals surface area contributed by atoms with Crippen LogP contribution in [0.5, 0.6) is 0 Å². The highest BCUT2D eigenvalue weighted by atomic mass is 35.5. The molecule has 0 saturated carbocycles. The molecule has 1 nitrogen and oxygen atoms in total. The zero-order chi connectivity index (χ0) is 14.4. The maximum absolute atomic E-state index is 6.21. The SMILES string of the molecule is CCCC(NCc1c(Cl)cccc1Cl)c1ccccc1. The number of hydrogen-bond acceptors (Lipinski definition) is 1. The van der Waals surface area contributed by atoms with E-state index in [-0.39, 0.29) is 0 Å². The zero-order valence-electron chi connectivity index (χ0n) is 11.6. The fourth-order valence-electron chi connectivity index (χ4n) is 2.29. The molecule has 0 amide bonds. The van der Waals surface area contributed by atoms with Gasteiger partial charge in [0.1, 0.15) is 0 Å².